The molecule has 0 atom stereocenters. The first-order valence-corrected chi connectivity index (χ1v) is 11.8. The fourth-order valence-electron chi connectivity index (χ4n) is 4.09. The minimum Gasteiger partial charge on any atom is -0.492 e. The van der Waals surface area contributed by atoms with E-state index in [0.29, 0.717) is 35.0 Å². The van der Waals surface area contributed by atoms with Crippen LogP contribution in [0.4, 0.5) is 4.39 Å². The summed E-state index contributed by atoms with van der Waals surface area (Å²) in [6.07, 6.45) is 2.13. The van der Waals surface area contributed by atoms with Gasteiger partial charge in [0, 0.05) is 42.4 Å². The Kier molecular flexibility index (Phi) is 7.40. The number of hydrogen-bond acceptors (Lipinski definition) is 5. The number of hydrogen-bond donors (Lipinski definition) is 1. The second kappa shape index (κ2) is 10.4. The molecule has 0 bridgehead atoms. The van der Waals surface area contributed by atoms with Gasteiger partial charge in [0.15, 0.2) is 0 Å². The summed E-state index contributed by atoms with van der Waals surface area (Å²) in [5.41, 5.74) is 1.64. The van der Waals surface area contributed by atoms with E-state index >= 15 is 0 Å². The van der Waals surface area contributed by atoms with Crippen LogP contribution in [0.3, 0.4) is 0 Å². The van der Waals surface area contributed by atoms with Crippen LogP contribution in [0.2, 0.25) is 0 Å². The molecule has 0 saturated carbocycles. The van der Waals surface area contributed by atoms with Gasteiger partial charge in [-0.25, -0.2) is 4.39 Å². The monoisotopic (exact) mass is 456 g/mol. The first-order chi connectivity index (χ1) is 15.5. The van der Waals surface area contributed by atoms with Gasteiger partial charge in [-0.05, 0) is 62.2 Å². The lowest BCUT2D eigenvalue weighted by Crippen LogP contribution is -2.38. The molecule has 1 aliphatic heterocycles. The van der Waals surface area contributed by atoms with Gasteiger partial charge >= 0.3 is 0 Å². The third-order valence-electron chi connectivity index (χ3n) is 5.99. The molecule has 1 N–H and O–H groups in total. The van der Waals surface area contributed by atoms with Crippen LogP contribution in [0.15, 0.2) is 42.5 Å². The van der Waals surface area contributed by atoms with E-state index in [1.807, 2.05) is 30.3 Å². The molecule has 1 aliphatic rings. The zero-order valence-electron chi connectivity index (χ0n) is 18.5. The standard InChI is InChI=1S/C25H29FN2O3S/c1-17-23-21(26)7-4-8-22(23)32-24(17)25(29)27-16-18-5-3-6-20(15-18)31-14-11-28(2)19-9-12-30-13-10-19/h3-8,15,19H,9-14,16H2,1-2H3,(H,27,29). The molecule has 4 rings (SSSR count). The van der Waals surface area contributed by atoms with Gasteiger partial charge in [-0.1, -0.05) is 18.2 Å². The molecule has 2 heterocycles. The lowest BCUT2D eigenvalue weighted by atomic mass is 10.1. The number of nitrogens with one attached hydrogen (secondary N) is 1. The number of aryl methyl sites for hydroxylation is 1. The van der Waals surface area contributed by atoms with Gasteiger partial charge in [0.2, 0.25) is 0 Å². The quantitative estimate of drug-likeness (QED) is 0.531. The van der Waals surface area contributed by atoms with E-state index in [2.05, 4.69) is 17.3 Å². The molecule has 3 aromatic rings. The van der Waals surface area contributed by atoms with Gasteiger partial charge in [-0.3, -0.25) is 9.69 Å². The second-order valence-corrected chi connectivity index (χ2v) is 9.22. The summed E-state index contributed by atoms with van der Waals surface area (Å²) in [5, 5.41) is 3.49. The Hall–Kier alpha value is -2.48. The molecule has 32 heavy (non-hydrogen) atoms. The van der Waals surface area contributed by atoms with Gasteiger partial charge in [0.05, 0.1) is 4.88 Å². The molecule has 0 aliphatic carbocycles. The summed E-state index contributed by atoms with van der Waals surface area (Å²) >= 11 is 1.32. The van der Waals surface area contributed by atoms with Gasteiger partial charge in [0.25, 0.3) is 5.91 Å². The number of amides is 1. The van der Waals surface area contributed by atoms with Crippen molar-refractivity contribution >= 4 is 27.3 Å². The molecule has 7 heteroatoms. The highest BCUT2D eigenvalue weighted by Gasteiger charge is 2.19. The summed E-state index contributed by atoms with van der Waals surface area (Å²) in [7, 11) is 2.13. The summed E-state index contributed by atoms with van der Waals surface area (Å²) in [6, 6.07) is 13.3. The van der Waals surface area contributed by atoms with Crippen LogP contribution in [0.1, 0.15) is 33.6 Å². The number of carbonyl (C=O) groups is 1. The lowest BCUT2D eigenvalue weighted by molar-refractivity contribution is 0.0392. The first-order valence-electron chi connectivity index (χ1n) is 11.0. The van der Waals surface area contributed by atoms with Crippen molar-refractivity contribution in [1.82, 2.24) is 10.2 Å². The number of benzene rings is 2. The lowest BCUT2D eigenvalue weighted by Gasteiger charge is -2.31. The molecular weight excluding hydrogens is 427 g/mol. The molecule has 0 spiro atoms. The average molecular weight is 457 g/mol. The Balaban J connectivity index is 1.31. The van der Waals surface area contributed by atoms with Crippen molar-refractivity contribution in [3.63, 3.8) is 0 Å². The van der Waals surface area contributed by atoms with Crippen LogP contribution in [-0.4, -0.2) is 50.3 Å². The Morgan fingerprint density at radius 2 is 2.03 bits per heavy atom. The Morgan fingerprint density at radius 3 is 2.81 bits per heavy atom. The number of likely N-dealkylation sites (N-methyl/N-ethyl adjacent to an activating group) is 1. The number of rotatable bonds is 8. The summed E-state index contributed by atoms with van der Waals surface area (Å²) in [4.78, 5) is 15.6. The molecule has 170 valence electrons. The van der Waals surface area contributed by atoms with Crippen molar-refractivity contribution in [3.8, 4) is 5.75 Å². The largest absolute Gasteiger partial charge is 0.492 e. The number of fused-ring (bicyclic) bond motifs is 1. The highest BCUT2D eigenvalue weighted by Crippen LogP contribution is 2.32. The summed E-state index contributed by atoms with van der Waals surface area (Å²) < 4.78 is 26.3. The van der Waals surface area contributed by atoms with Crippen LogP contribution in [0.25, 0.3) is 10.1 Å². The van der Waals surface area contributed by atoms with Crippen molar-refractivity contribution in [2.75, 3.05) is 33.4 Å². The van der Waals surface area contributed by atoms with Crippen LogP contribution in [-0.2, 0) is 11.3 Å². The molecular formula is C25H29FN2O3S. The zero-order chi connectivity index (χ0) is 22.5. The van der Waals surface area contributed by atoms with Gasteiger partial charge < -0.3 is 14.8 Å². The predicted octanol–water partition coefficient (Wildman–Crippen LogP) is 4.77. The molecule has 0 unspecified atom stereocenters. The second-order valence-electron chi connectivity index (χ2n) is 8.17. The highest BCUT2D eigenvalue weighted by molar-refractivity contribution is 7.21. The molecule has 1 fully saturated rings. The molecule has 0 radical (unpaired) electrons. The van der Waals surface area contributed by atoms with E-state index in [-0.39, 0.29) is 11.7 Å². The highest BCUT2D eigenvalue weighted by atomic mass is 32.1. The number of thiophene rings is 1. The van der Waals surface area contributed by atoms with E-state index in [1.54, 1.807) is 13.0 Å². The minimum absolute atomic E-state index is 0.187. The Morgan fingerprint density at radius 1 is 1.25 bits per heavy atom. The first kappa shape index (κ1) is 22.7. The van der Waals surface area contributed by atoms with Crippen LogP contribution < -0.4 is 10.1 Å². The third kappa shape index (κ3) is 5.28. The fourth-order valence-corrected chi connectivity index (χ4v) is 5.23. The van der Waals surface area contributed by atoms with E-state index < -0.39 is 0 Å². The van der Waals surface area contributed by atoms with E-state index in [1.165, 1.54) is 17.4 Å². The van der Waals surface area contributed by atoms with Gasteiger partial charge in [-0.15, -0.1) is 11.3 Å². The maximum absolute atomic E-state index is 14.1. The molecule has 2 aromatic carbocycles. The number of nitrogens with zero attached hydrogens (tertiary/aromatic N) is 1. The maximum Gasteiger partial charge on any atom is 0.261 e. The van der Waals surface area contributed by atoms with Crippen molar-refractivity contribution in [3.05, 3.63) is 64.3 Å². The molecule has 1 aromatic heterocycles. The minimum atomic E-state index is -0.289. The molecule has 1 saturated heterocycles. The van der Waals surface area contributed by atoms with Gasteiger partial charge in [0.1, 0.15) is 18.2 Å². The van der Waals surface area contributed by atoms with Gasteiger partial charge in [-0.2, -0.15) is 0 Å². The van der Waals surface area contributed by atoms with Crippen molar-refractivity contribution in [2.45, 2.75) is 32.4 Å². The number of halogens is 1. The van der Waals surface area contributed by atoms with Crippen LogP contribution >= 0.6 is 11.3 Å². The third-order valence-corrected chi connectivity index (χ3v) is 7.24. The topological polar surface area (TPSA) is 50.8 Å². The normalized spacial score (nSPS) is 14.8. The smallest absolute Gasteiger partial charge is 0.261 e. The van der Waals surface area contributed by atoms with Crippen LogP contribution in [0.5, 0.6) is 5.75 Å². The predicted molar refractivity (Wildman–Crippen MR) is 126 cm³/mol. The fraction of sp³-hybridized carbons (Fsp3) is 0.400. The van der Waals surface area contributed by atoms with Crippen LogP contribution in [0, 0.1) is 12.7 Å². The zero-order valence-corrected chi connectivity index (χ0v) is 19.3. The van der Waals surface area contributed by atoms with Crippen molar-refractivity contribution in [2.24, 2.45) is 0 Å². The Labute approximate surface area is 192 Å². The average Bonchev–Trinajstić information content (AvgIpc) is 3.16. The van der Waals surface area contributed by atoms with E-state index in [9.17, 15) is 9.18 Å². The number of ether oxygens (including phenoxy) is 2. The number of carbonyl (C=O) groups excluding carboxylic acids is 1. The Bertz CT molecular complexity index is 1080. The van der Waals surface area contributed by atoms with E-state index in [4.69, 9.17) is 9.47 Å². The molecule has 5 nitrogen and oxygen atoms in total. The summed E-state index contributed by atoms with van der Waals surface area (Å²) in [5.74, 6) is 0.312. The van der Waals surface area contributed by atoms with Crippen molar-refractivity contribution < 1.29 is 18.7 Å². The maximum atomic E-state index is 14.1. The summed E-state index contributed by atoms with van der Waals surface area (Å²) in [6.45, 7) is 5.31. The van der Waals surface area contributed by atoms with Crippen molar-refractivity contribution in [1.29, 1.82) is 0 Å². The molecule has 1 amide bonds. The van der Waals surface area contributed by atoms with E-state index in [0.717, 1.165) is 48.6 Å². The SMILES string of the molecule is Cc1c(C(=O)NCc2cccc(OCCN(C)C3CCOCC3)c2)sc2cccc(F)c12.